The van der Waals surface area contributed by atoms with Crippen molar-refractivity contribution in [1.29, 1.82) is 0 Å². The van der Waals surface area contributed by atoms with Gasteiger partial charge in [0.2, 0.25) is 11.7 Å². The zero-order chi connectivity index (χ0) is 30.2. The van der Waals surface area contributed by atoms with Crippen LogP contribution in [0.2, 0.25) is 0 Å². The Balaban J connectivity index is 1.56. The van der Waals surface area contributed by atoms with E-state index >= 15 is 0 Å². The normalized spacial score (nSPS) is 13.6. The van der Waals surface area contributed by atoms with Gasteiger partial charge in [-0.3, -0.25) is 9.59 Å². The second-order valence-electron chi connectivity index (χ2n) is 10.8. The van der Waals surface area contributed by atoms with Crippen LogP contribution in [0.15, 0.2) is 61.3 Å². The molecule has 1 amide bonds. The highest BCUT2D eigenvalue weighted by Gasteiger charge is 2.19. The second kappa shape index (κ2) is 14.1. The molecule has 1 aliphatic heterocycles. The van der Waals surface area contributed by atoms with E-state index in [2.05, 4.69) is 48.5 Å². The number of ether oxygens (including phenoxy) is 1. The van der Waals surface area contributed by atoms with Crippen LogP contribution in [0.25, 0.3) is 0 Å². The number of benzene rings is 2. The summed E-state index contributed by atoms with van der Waals surface area (Å²) in [6.07, 6.45) is 3.15. The number of amides is 1. The molecule has 2 aromatic carbocycles. The van der Waals surface area contributed by atoms with Crippen molar-refractivity contribution >= 4 is 28.8 Å². The number of ketones is 1. The van der Waals surface area contributed by atoms with E-state index in [0.29, 0.717) is 34.9 Å². The molecule has 0 bridgehead atoms. The van der Waals surface area contributed by atoms with Crippen molar-refractivity contribution in [3.63, 3.8) is 0 Å². The topological polar surface area (TPSA) is 94.1 Å². The largest absolute Gasteiger partial charge is 0.496 e. The van der Waals surface area contributed by atoms with Gasteiger partial charge in [-0.15, -0.1) is 0 Å². The lowest BCUT2D eigenvalue weighted by atomic mass is 10.1. The van der Waals surface area contributed by atoms with Crippen molar-refractivity contribution in [2.24, 2.45) is 0 Å². The molecule has 0 aliphatic carbocycles. The van der Waals surface area contributed by atoms with Crippen LogP contribution in [0.1, 0.15) is 27.4 Å². The van der Waals surface area contributed by atoms with Gasteiger partial charge in [-0.05, 0) is 63.6 Å². The fraction of sp³-hybridized carbons (Fsp3) is 0.375. The van der Waals surface area contributed by atoms with E-state index in [1.807, 2.05) is 57.5 Å². The van der Waals surface area contributed by atoms with Crippen molar-refractivity contribution < 1.29 is 14.3 Å². The molecule has 4 rings (SSSR count). The third-order valence-electron chi connectivity index (χ3n) is 7.42. The van der Waals surface area contributed by atoms with Crippen LogP contribution >= 0.6 is 0 Å². The van der Waals surface area contributed by atoms with Crippen LogP contribution in [0.3, 0.4) is 0 Å². The minimum Gasteiger partial charge on any atom is -0.496 e. The lowest BCUT2D eigenvalue weighted by Gasteiger charge is -2.34. The summed E-state index contributed by atoms with van der Waals surface area (Å²) >= 11 is 0. The SMILES string of the molecule is C=CC(=O)Nc1cc(Cc2nccc(C(=O)c3ccc(N4CCN(C)CC4)cc3)n2)c(OC)cc1N(C)CCN(C)C. The molecular weight excluding hydrogens is 530 g/mol. The van der Waals surface area contributed by atoms with Crippen LogP contribution in [0, 0.1) is 0 Å². The summed E-state index contributed by atoms with van der Waals surface area (Å²) in [5, 5.41) is 2.92. The van der Waals surface area contributed by atoms with E-state index in [9.17, 15) is 9.59 Å². The van der Waals surface area contributed by atoms with Gasteiger partial charge >= 0.3 is 0 Å². The molecule has 0 atom stereocenters. The highest BCUT2D eigenvalue weighted by molar-refractivity contribution is 6.07. The predicted molar refractivity (Wildman–Crippen MR) is 168 cm³/mol. The molecule has 42 heavy (non-hydrogen) atoms. The van der Waals surface area contributed by atoms with E-state index < -0.39 is 0 Å². The van der Waals surface area contributed by atoms with Gasteiger partial charge in [-0.25, -0.2) is 9.97 Å². The summed E-state index contributed by atoms with van der Waals surface area (Å²) in [6.45, 7) is 9.14. The molecule has 0 unspecified atom stereocenters. The number of hydrogen-bond acceptors (Lipinski definition) is 9. The molecule has 0 spiro atoms. The van der Waals surface area contributed by atoms with Gasteiger partial charge in [-0.1, -0.05) is 6.58 Å². The summed E-state index contributed by atoms with van der Waals surface area (Å²) < 4.78 is 5.74. The lowest BCUT2D eigenvalue weighted by molar-refractivity contribution is -0.111. The molecule has 3 aromatic rings. The minimum atomic E-state index is -0.309. The quantitative estimate of drug-likeness (QED) is 0.260. The smallest absolute Gasteiger partial charge is 0.247 e. The monoisotopic (exact) mass is 571 g/mol. The highest BCUT2D eigenvalue weighted by Crippen LogP contribution is 2.34. The summed E-state index contributed by atoms with van der Waals surface area (Å²) in [6, 6.07) is 13.1. The fourth-order valence-electron chi connectivity index (χ4n) is 4.83. The molecule has 10 nitrogen and oxygen atoms in total. The van der Waals surface area contributed by atoms with E-state index in [1.54, 1.807) is 19.4 Å². The average molecular weight is 572 g/mol. The van der Waals surface area contributed by atoms with Gasteiger partial charge in [0.1, 0.15) is 17.3 Å². The Labute approximate surface area is 248 Å². The number of carbonyl (C=O) groups excluding carboxylic acids is 2. The van der Waals surface area contributed by atoms with E-state index in [4.69, 9.17) is 4.74 Å². The molecule has 10 heteroatoms. The number of rotatable bonds is 12. The number of nitrogens with zero attached hydrogens (tertiary/aromatic N) is 6. The number of carbonyl (C=O) groups is 2. The van der Waals surface area contributed by atoms with Crippen LogP contribution < -0.4 is 19.9 Å². The summed E-state index contributed by atoms with van der Waals surface area (Å²) in [4.78, 5) is 43.5. The molecule has 2 heterocycles. The third-order valence-corrected chi connectivity index (χ3v) is 7.42. The zero-order valence-corrected chi connectivity index (χ0v) is 25.3. The molecule has 1 N–H and O–H groups in total. The second-order valence-corrected chi connectivity index (χ2v) is 10.8. The molecule has 0 saturated carbocycles. The molecule has 1 saturated heterocycles. The Morgan fingerprint density at radius 3 is 2.40 bits per heavy atom. The van der Waals surface area contributed by atoms with Crippen molar-refractivity contribution in [2.75, 3.05) is 89.7 Å². The number of methoxy groups -OCH3 is 1. The first-order chi connectivity index (χ1) is 20.2. The average Bonchev–Trinajstić information content (AvgIpc) is 3.00. The molecule has 1 fully saturated rings. The molecular formula is C32H41N7O3. The van der Waals surface area contributed by atoms with E-state index in [0.717, 1.165) is 56.2 Å². The van der Waals surface area contributed by atoms with Gasteiger partial charge in [0.05, 0.1) is 18.5 Å². The van der Waals surface area contributed by atoms with Gasteiger partial charge < -0.3 is 29.7 Å². The van der Waals surface area contributed by atoms with Crippen LogP contribution in [0.4, 0.5) is 17.1 Å². The maximum Gasteiger partial charge on any atom is 0.247 e. The Morgan fingerprint density at radius 2 is 1.76 bits per heavy atom. The van der Waals surface area contributed by atoms with E-state index in [-0.39, 0.29) is 11.7 Å². The number of anilines is 3. The Bertz CT molecular complexity index is 1400. The standard InChI is InChI=1S/C32H41N7O3/c1-7-31(40)35-27-20-24(29(42-6)22-28(27)38(5)17-14-36(2)3)21-30-33-13-12-26(34-30)32(41)23-8-10-25(11-9-23)39-18-15-37(4)16-19-39/h7-13,20,22H,1,14-19,21H2,2-6H3,(H,35,40). The van der Waals surface area contributed by atoms with E-state index in [1.165, 1.54) is 6.08 Å². The van der Waals surface area contributed by atoms with Crippen molar-refractivity contribution in [1.82, 2.24) is 19.8 Å². The Kier molecular flexibility index (Phi) is 10.3. The maximum atomic E-state index is 13.3. The summed E-state index contributed by atoms with van der Waals surface area (Å²) in [5.74, 6) is 0.643. The first-order valence-corrected chi connectivity index (χ1v) is 14.1. The van der Waals surface area contributed by atoms with Gasteiger partial charge in [-0.2, -0.15) is 0 Å². The first-order valence-electron chi connectivity index (χ1n) is 14.1. The van der Waals surface area contributed by atoms with Crippen LogP contribution in [-0.4, -0.2) is 106 Å². The van der Waals surface area contributed by atoms with Crippen LogP contribution in [0.5, 0.6) is 5.75 Å². The zero-order valence-electron chi connectivity index (χ0n) is 25.3. The van der Waals surface area contributed by atoms with Crippen LogP contribution in [-0.2, 0) is 11.2 Å². The lowest BCUT2D eigenvalue weighted by Crippen LogP contribution is -2.44. The minimum absolute atomic E-state index is 0.160. The fourth-order valence-corrected chi connectivity index (χ4v) is 4.83. The van der Waals surface area contributed by atoms with Crippen molar-refractivity contribution in [3.05, 3.63) is 84.0 Å². The van der Waals surface area contributed by atoms with Crippen molar-refractivity contribution in [2.45, 2.75) is 6.42 Å². The number of hydrogen-bond donors (Lipinski definition) is 1. The molecule has 222 valence electrons. The Morgan fingerprint density at radius 1 is 1.05 bits per heavy atom. The van der Waals surface area contributed by atoms with Gasteiger partial charge in [0, 0.05) is 81.8 Å². The summed E-state index contributed by atoms with van der Waals surface area (Å²) in [5.41, 5.74) is 4.25. The number of nitrogens with one attached hydrogen (secondary N) is 1. The highest BCUT2D eigenvalue weighted by atomic mass is 16.5. The first kappa shape index (κ1) is 30.7. The third kappa shape index (κ3) is 7.71. The van der Waals surface area contributed by atoms with Gasteiger partial charge in [0.25, 0.3) is 0 Å². The number of aromatic nitrogens is 2. The molecule has 1 aliphatic rings. The Hall–Kier alpha value is -4.28. The maximum absolute atomic E-state index is 13.3. The molecule has 1 aromatic heterocycles. The summed E-state index contributed by atoms with van der Waals surface area (Å²) in [7, 11) is 9.74. The van der Waals surface area contributed by atoms with Gasteiger partial charge in [0.15, 0.2) is 0 Å². The van der Waals surface area contributed by atoms with Crippen molar-refractivity contribution in [3.8, 4) is 5.75 Å². The molecule has 0 radical (unpaired) electrons. The number of piperazine rings is 1. The number of likely N-dealkylation sites (N-methyl/N-ethyl adjacent to an activating group) is 3. The predicted octanol–water partition coefficient (Wildman–Crippen LogP) is 3.18.